The van der Waals surface area contributed by atoms with Gasteiger partial charge >= 0.3 is 0 Å². The maximum Gasteiger partial charge on any atom is 0.0734 e. The molecule has 2 atom stereocenters. The molecule has 1 N–H and O–H groups in total. The molecule has 0 saturated carbocycles. The van der Waals surface area contributed by atoms with E-state index in [1.807, 2.05) is 24.3 Å². The number of aliphatic hydroxyl groups excluding tert-OH is 1. The minimum Gasteiger partial charge on any atom is -0.391 e. The van der Waals surface area contributed by atoms with Crippen molar-refractivity contribution in [3.05, 3.63) is 77.9 Å². The van der Waals surface area contributed by atoms with Crippen molar-refractivity contribution >= 4 is 6.08 Å². The first-order valence-corrected chi connectivity index (χ1v) is 9.10. The predicted molar refractivity (Wildman–Crippen MR) is 102 cm³/mol. The molecule has 3 nitrogen and oxygen atoms in total. The van der Waals surface area contributed by atoms with Crippen molar-refractivity contribution < 1.29 is 9.84 Å². The van der Waals surface area contributed by atoms with Crippen molar-refractivity contribution in [1.29, 1.82) is 0 Å². The monoisotopic (exact) mass is 337 g/mol. The van der Waals surface area contributed by atoms with Crippen molar-refractivity contribution in [3.8, 4) is 0 Å². The first kappa shape index (κ1) is 17.9. The van der Waals surface area contributed by atoms with Gasteiger partial charge in [0, 0.05) is 13.1 Å². The average Bonchev–Trinajstić information content (AvgIpc) is 2.69. The molecule has 0 unspecified atom stereocenters. The zero-order valence-electron chi connectivity index (χ0n) is 14.6. The number of benzene rings is 2. The number of morpholine rings is 1. The van der Waals surface area contributed by atoms with E-state index in [9.17, 15) is 5.11 Å². The molecule has 0 bridgehead atoms. The summed E-state index contributed by atoms with van der Waals surface area (Å²) in [5.41, 5.74) is 2.44. The SMILES string of the molecule is O[C@@H](CCc1ccccc1)[C@@H](/C=C/c1ccccc1)N1CCOCC1. The Balaban J connectivity index is 1.67. The lowest BCUT2D eigenvalue weighted by Crippen LogP contribution is -2.48. The molecule has 1 fully saturated rings. The van der Waals surface area contributed by atoms with Gasteiger partial charge in [0.1, 0.15) is 0 Å². The second kappa shape index (κ2) is 9.52. The lowest BCUT2D eigenvalue weighted by Gasteiger charge is -2.35. The van der Waals surface area contributed by atoms with Gasteiger partial charge in [-0.05, 0) is 24.0 Å². The standard InChI is InChI=1S/C22H27NO2/c24-22(14-12-20-9-5-2-6-10-20)21(23-15-17-25-18-16-23)13-11-19-7-3-1-4-8-19/h1-11,13,21-22,24H,12,14-18H2/b13-11+/t21-,22+/m1/s1. The van der Waals surface area contributed by atoms with Gasteiger partial charge in [-0.15, -0.1) is 0 Å². The van der Waals surface area contributed by atoms with Crippen molar-refractivity contribution in [2.24, 2.45) is 0 Å². The Kier molecular flexibility index (Phi) is 6.80. The molecule has 1 aliphatic rings. The molecule has 1 saturated heterocycles. The highest BCUT2D eigenvalue weighted by Gasteiger charge is 2.25. The van der Waals surface area contributed by atoms with Crippen LogP contribution in [-0.2, 0) is 11.2 Å². The maximum atomic E-state index is 10.9. The molecule has 1 heterocycles. The minimum absolute atomic E-state index is 0.0211. The molecule has 25 heavy (non-hydrogen) atoms. The Bertz CT molecular complexity index is 636. The Morgan fingerprint density at radius 1 is 0.960 bits per heavy atom. The summed E-state index contributed by atoms with van der Waals surface area (Å²) in [7, 11) is 0. The van der Waals surface area contributed by atoms with Crippen molar-refractivity contribution in [3.63, 3.8) is 0 Å². The van der Waals surface area contributed by atoms with Gasteiger partial charge in [-0.1, -0.05) is 72.8 Å². The molecule has 0 radical (unpaired) electrons. The second-order valence-electron chi connectivity index (χ2n) is 6.50. The van der Waals surface area contributed by atoms with Gasteiger partial charge in [-0.2, -0.15) is 0 Å². The molecular weight excluding hydrogens is 310 g/mol. The van der Waals surface area contributed by atoms with Crippen LogP contribution in [0.5, 0.6) is 0 Å². The van der Waals surface area contributed by atoms with Gasteiger partial charge in [0.2, 0.25) is 0 Å². The van der Waals surface area contributed by atoms with Crippen LogP contribution in [-0.4, -0.2) is 48.5 Å². The number of ether oxygens (including phenoxy) is 1. The third-order valence-corrected chi connectivity index (χ3v) is 4.72. The summed E-state index contributed by atoms with van der Waals surface area (Å²) >= 11 is 0. The van der Waals surface area contributed by atoms with E-state index in [2.05, 4.69) is 53.5 Å². The van der Waals surface area contributed by atoms with E-state index in [0.29, 0.717) is 0 Å². The molecule has 0 amide bonds. The smallest absolute Gasteiger partial charge is 0.0734 e. The number of aliphatic hydroxyl groups is 1. The Morgan fingerprint density at radius 2 is 1.60 bits per heavy atom. The number of hydrogen-bond donors (Lipinski definition) is 1. The number of aryl methyl sites for hydroxylation is 1. The molecular formula is C22H27NO2. The number of rotatable bonds is 7. The highest BCUT2D eigenvalue weighted by atomic mass is 16.5. The highest BCUT2D eigenvalue weighted by Crippen LogP contribution is 2.16. The Hall–Kier alpha value is -1.94. The van der Waals surface area contributed by atoms with Gasteiger partial charge < -0.3 is 9.84 Å². The Morgan fingerprint density at radius 3 is 2.28 bits per heavy atom. The first-order valence-electron chi connectivity index (χ1n) is 9.10. The van der Waals surface area contributed by atoms with Gasteiger partial charge in [-0.3, -0.25) is 4.90 Å². The van der Waals surface area contributed by atoms with Gasteiger partial charge in [0.25, 0.3) is 0 Å². The van der Waals surface area contributed by atoms with Crippen LogP contribution in [0.15, 0.2) is 66.7 Å². The van der Waals surface area contributed by atoms with E-state index in [0.717, 1.165) is 44.7 Å². The summed E-state index contributed by atoms with van der Waals surface area (Å²) in [4.78, 5) is 2.33. The topological polar surface area (TPSA) is 32.7 Å². The van der Waals surface area contributed by atoms with Crippen LogP contribution in [0.4, 0.5) is 0 Å². The van der Waals surface area contributed by atoms with E-state index in [1.165, 1.54) is 5.56 Å². The third kappa shape index (κ3) is 5.53. The molecule has 132 valence electrons. The maximum absolute atomic E-state index is 10.9. The van der Waals surface area contributed by atoms with Crippen LogP contribution in [0.2, 0.25) is 0 Å². The molecule has 1 aliphatic heterocycles. The predicted octanol–water partition coefficient (Wildman–Crippen LogP) is 3.39. The normalized spacial score (nSPS) is 18.3. The van der Waals surface area contributed by atoms with E-state index in [4.69, 9.17) is 4.74 Å². The number of hydrogen-bond acceptors (Lipinski definition) is 3. The van der Waals surface area contributed by atoms with E-state index >= 15 is 0 Å². The molecule has 0 aromatic heterocycles. The van der Waals surface area contributed by atoms with Crippen LogP contribution in [0.1, 0.15) is 17.5 Å². The largest absolute Gasteiger partial charge is 0.391 e. The summed E-state index contributed by atoms with van der Waals surface area (Å²) < 4.78 is 5.47. The third-order valence-electron chi connectivity index (χ3n) is 4.72. The van der Waals surface area contributed by atoms with Crippen LogP contribution >= 0.6 is 0 Å². The molecule has 3 heteroatoms. The van der Waals surface area contributed by atoms with Crippen molar-refractivity contribution in [2.75, 3.05) is 26.3 Å². The van der Waals surface area contributed by atoms with Crippen molar-refractivity contribution in [1.82, 2.24) is 4.90 Å². The molecule has 0 aliphatic carbocycles. The van der Waals surface area contributed by atoms with E-state index in [1.54, 1.807) is 0 Å². The molecule has 3 rings (SSSR count). The van der Waals surface area contributed by atoms with Crippen LogP contribution in [0.3, 0.4) is 0 Å². The lowest BCUT2D eigenvalue weighted by atomic mass is 9.99. The fraction of sp³-hybridized carbons (Fsp3) is 0.364. The highest BCUT2D eigenvalue weighted by molar-refractivity contribution is 5.49. The summed E-state index contributed by atoms with van der Waals surface area (Å²) in [6, 6.07) is 20.7. The first-order chi connectivity index (χ1) is 12.3. The van der Waals surface area contributed by atoms with E-state index in [-0.39, 0.29) is 6.04 Å². The van der Waals surface area contributed by atoms with Gasteiger partial charge in [0.15, 0.2) is 0 Å². The zero-order valence-corrected chi connectivity index (χ0v) is 14.6. The van der Waals surface area contributed by atoms with Gasteiger partial charge in [0.05, 0.1) is 25.4 Å². The van der Waals surface area contributed by atoms with Crippen LogP contribution in [0.25, 0.3) is 6.08 Å². The summed E-state index contributed by atoms with van der Waals surface area (Å²) in [6.07, 6.45) is 5.52. The average molecular weight is 337 g/mol. The van der Waals surface area contributed by atoms with Crippen LogP contribution in [0, 0.1) is 0 Å². The summed E-state index contributed by atoms with van der Waals surface area (Å²) in [5, 5.41) is 10.9. The Labute approximate surface area is 150 Å². The van der Waals surface area contributed by atoms with Crippen molar-refractivity contribution in [2.45, 2.75) is 25.0 Å². The fourth-order valence-corrected chi connectivity index (χ4v) is 3.27. The quantitative estimate of drug-likeness (QED) is 0.840. The van der Waals surface area contributed by atoms with Crippen LogP contribution < -0.4 is 0 Å². The molecule has 2 aromatic carbocycles. The zero-order chi connectivity index (χ0) is 17.3. The van der Waals surface area contributed by atoms with E-state index < -0.39 is 6.10 Å². The lowest BCUT2D eigenvalue weighted by molar-refractivity contribution is -0.00853. The summed E-state index contributed by atoms with van der Waals surface area (Å²) in [6.45, 7) is 3.21. The minimum atomic E-state index is -0.390. The molecule has 0 spiro atoms. The molecule has 2 aromatic rings. The summed E-state index contributed by atoms with van der Waals surface area (Å²) in [5.74, 6) is 0. The van der Waals surface area contributed by atoms with Gasteiger partial charge in [-0.25, -0.2) is 0 Å². The second-order valence-corrected chi connectivity index (χ2v) is 6.50. The fourth-order valence-electron chi connectivity index (χ4n) is 3.27. The number of nitrogens with zero attached hydrogens (tertiary/aromatic N) is 1.